The van der Waals surface area contributed by atoms with Gasteiger partial charge < -0.3 is 9.30 Å². The molecule has 0 spiro atoms. The van der Waals surface area contributed by atoms with Crippen LogP contribution in [0.25, 0.3) is 17.0 Å². The lowest BCUT2D eigenvalue weighted by molar-refractivity contribution is -0.141. The van der Waals surface area contributed by atoms with E-state index in [0.29, 0.717) is 16.3 Å². The third-order valence-electron chi connectivity index (χ3n) is 4.81. The number of carbonyl (C=O) groups is 3. The topological polar surface area (TPSA) is 80.6 Å². The van der Waals surface area contributed by atoms with Gasteiger partial charge in [0.25, 0.3) is 11.8 Å². The average molecular weight is 454 g/mol. The first-order chi connectivity index (χ1) is 14.9. The van der Waals surface area contributed by atoms with Crippen LogP contribution in [0.5, 0.6) is 0 Å². The molecule has 0 radical (unpaired) electrons. The Labute approximate surface area is 187 Å². The average Bonchev–Trinajstić information content (AvgIpc) is 3.08. The minimum absolute atomic E-state index is 0.000938. The standard InChI is InChI=1S/C22H16ClN3O4S/c1-30-19(27)12-25-11-13(16-7-2-3-8-18(16)25)9-17-20(28)24-22(31)26(21(17)29)15-6-4-5-14(23)10-15/h2-11H,12H2,1H3,(H,24,28,31). The van der Waals surface area contributed by atoms with Crippen LogP contribution in [0.3, 0.4) is 0 Å². The van der Waals surface area contributed by atoms with E-state index >= 15 is 0 Å². The number of amides is 2. The lowest BCUT2D eigenvalue weighted by atomic mass is 10.1. The van der Waals surface area contributed by atoms with E-state index in [1.807, 2.05) is 24.3 Å². The van der Waals surface area contributed by atoms with Crippen molar-refractivity contribution >= 4 is 69.4 Å². The number of nitrogens with zero attached hydrogens (tertiary/aromatic N) is 2. The molecule has 3 aromatic rings. The van der Waals surface area contributed by atoms with Crippen LogP contribution in [0, 0.1) is 0 Å². The molecule has 0 unspecified atom stereocenters. The first-order valence-corrected chi connectivity index (χ1v) is 9.99. The summed E-state index contributed by atoms with van der Waals surface area (Å²) >= 11 is 11.3. The fourth-order valence-electron chi connectivity index (χ4n) is 3.39. The summed E-state index contributed by atoms with van der Waals surface area (Å²) < 4.78 is 6.46. The van der Waals surface area contributed by atoms with Gasteiger partial charge >= 0.3 is 5.97 Å². The predicted molar refractivity (Wildman–Crippen MR) is 122 cm³/mol. The Morgan fingerprint density at radius 3 is 2.71 bits per heavy atom. The van der Waals surface area contributed by atoms with Crippen LogP contribution >= 0.6 is 23.8 Å². The minimum atomic E-state index is -0.599. The van der Waals surface area contributed by atoms with Gasteiger partial charge in [-0.05, 0) is 42.6 Å². The molecule has 1 aliphatic rings. The molecule has 2 heterocycles. The highest BCUT2D eigenvalue weighted by Crippen LogP contribution is 2.27. The molecule has 31 heavy (non-hydrogen) atoms. The van der Waals surface area contributed by atoms with Gasteiger partial charge in [-0.3, -0.25) is 24.6 Å². The normalized spacial score (nSPS) is 15.5. The van der Waals surface area contributed by atoms with E-state index in [4.69, 9.17) is 28.6 Å². The molecule has 1 aliphatic heterocycles. The summed E-state index contributed by atoms with van der Waals surface area (Å²) in [7, 11) is 1.31. The molecule has 9 heteroatoms. The van der Waals surface area contributed by atoms with Crippen molar-refractivity contribution in [1.82, 2.24) is 9.88 Å². The van der Waals surface area contributed by atoms with Gasteiger partial charge in [0.2, 0.25) is 0 Å². The van der Waals surface area contributed by atoms with Crippen LogP contribution in [-0.2, 0) is 25.7 Å². The number of methoxy groups -OCH3 is 1. The van der Waals surface area contributed by atoms with E-state index in [-0.39, 0.29) is 17.2 Å². The van der Waals surface area contributed by atoms with Crippen molar-refractivity contribution in [3.63, 3.8) is 0 Å². The lowest BCUT2D eigenvalue weighted by Gasteiger charge is -2.29. The van der Waals surface area contributed by atoms with E-state index in [1.165, 1.54) is 18.1 Å². The number of hydrogen-bond donors (Lipinski definition) is 1. The maximum atomic E-state index is 13.2. The Morgan fingerprint density at radius 2 is 1.97 bits per heavy atom. The van der Waals surface area contributed by atoms with Crippen molar-refractivity contribution in [2.24, 2.45) is 0 Å². The van der Waals surface area contributed by atoms with Crippen molar-refractivity contribution in [1.29, 1.82) is 0 Å². The summed E-state index contributed by atoms with van der Waals surface area (Å²) in [5.74, 6) is -1.58. The Morgan fingerprint density at radius 1 is 1.19 bits per heavy atom. The molecule has 2 aromatic carbocycles. The fourth-order valence-corrected chi connectivity index (χ4v) is 3.85. The number of carbonyl (C=O) groups excluding carboxylic acids is 3. The van der Waals surface area contributed by atoms with Gasteiger partial charge in [0.1, 0.15) is 12.1 Å². The third kappa shape index (κ3) is 3.95. The molecule has 1 saturated heterocycles. The highest BCUT2D eigenvalue weighted by atomic mass is 35.5. The van der Waals surface area contributed by atoms with Crippen LogP contribution in [-0.4, -0.2) is 34.6 Å². The summed E-state index contributed by atoms with van der Waals surface area (Å²) in [5, 5.41) is 3.74. The summed E-state index contributed by atoms with van der Waals surface area (Å²) in [6, 6.07) is 14.0. The second-order valence-corrected chi connectivity index (χ2v) is 7.57. The van der Waals surface area contributed by atoms with E-state index in [1.54, 1.807) is 35.0 Å². The Hall–Kier alpha value is -3.49. The predicted octanol–water partition coefficient (Wildman–Crippen LogP) is 3.30. The number of fused-ring (bicyclic) bond motifs is 1. The molecule has 0 saturated carbocycles. The number of benzene rings is 2. The number of aromatic nitrogens is 1. The third-order valence-corrected chi connectivity index (χ3v) is 5.33. The van der Waals surface area contributed by atoms with Crippen LogP contribution in [0.15, 0.2) is 60.3 Å². The number of esters is 1. The van der Waals surface area contributed by atoms with Crippen molar-refractivity contribution in [2.45, 2.75) is 6.54 Å². The number of hydrogen-bond acceptors (Lipinski definition) is 5. The first kappa shape index (κ1) is 20.8. The SMILES string of the molecule is COC(=O)Cn1cc(C=C2C(=O)NC(=S)N(c3cccc(Cl)c3)C2=O)c2ccccc21. The zero-order valence-electron chi connectivity index (χ0n) is 16.3. The van der Waals surface area contributed by atoms with E-state index < -0.39 is 17.8 Å². The highest BCUT2D eigenvalue weighted by molar-refractivity contribution is 7.80. The largest absolute Gasteiger partial charge is 0.468 e. The van der Waals surface area contributed by atoms with E-state index in [0.717, 1.165) is 10.9 Å². The van der Waals surface area contributed by atoms with Crippen molar-refractivity contribution in [3.8, 4) is 0 Å². The number of para-hydroxylation sites is 1. The second kappa shape index (κ2) is 8.33. The Balaban J connectivity index is 1.79. The molecule has 0 aliphatic carbocycles. The quantitative estimate of drug-likeness (QED) is 0.284. The maximum absolute atomic E-state index is 13.2. The lowest BCUT2D eigenvalue weighted by Crippen LogP contribution is -2.54. The molecular formula is C22H16ClN3O4S. The van der Waals surface area contributed by atoms with Gasteiger partial charge in [0.05, 0.1) is 12.8 Å². The molecule has 7 nitrogen and oxygen atoms in total. The highest BCUT2D eigenvalue weighted by Gasteiger charge is 2.34. The second-order valence-electron chi connectivity index (χ2n) is 6.74. The zero-order chi connectivity index (χ0) is 22.1. The monoisotopic (exact) mass is 453 g/mol. The molecule has 1 N–H and O–H groups in total. The summed E-state index contributed by atoms with van der Waals surface area (Å²) in [6.45, 7) is -0.000938. The minimum Gasteiger partial charge on any atom is -0.468 e. The smallest absolute Gasteiger partial charge is 0.325 e. The molecule has 0 atom stereocenters. The fraction of sp³-hybridized carbons (Fsp3) is 0.0909. The van der Waals surface area contributed by atoms with Crippen LogP contribution in [0.1, 0.15) is 5.56 Å². The molecule has 4 rings (SSSR count). The first-order valence-electron chi connectivity index (χ1n) is 9.21. The molecule has 1 aromatic heterocycles. The van der Waals surface area contributed by atoms with Gasteiger partial charge in [-0.25, -0.2) is 0 Å². The summed E-state index contributed by atoms with van der Waals surface area (Å²) in [4.78, 5) is 38.8. The molecule has 156 valence electrons. The van der Waals surface area contributed by atoms with Crippen molar-refractivity contribution in [3.05, 3.63) is 70.9 Å². The number of ether oxygens (including phenoxy) is 1. The molecular weight excluding hydrogens is 438 g/mol. The van der Waals surface area contributed by atoms with Gasteiger partial charge in [-0.1, -0.05) is 35.9 Å². The summed E-state index contributed by atoms with van der Waals surface area (Å²) in [5.41, 5.74) is 1.73. The van der Waals surface area contributed by atoms with Gasteiger partial charge in [0.15, 0.2) is 5.11 Å². The number of halogens is 1. The molecule has 1 fully saturated rings. The molecule has 2 amide bonds. The number of thiocarbonyl (C=S) groups is 1. The van der Waals surface area contributed by atoms with Gasteiger partial charge in [-0.15, -0.1) is 0 Å². The van der Waals surface area contributed by atoms with Gasteiger partial charge in [-0.2, -0.15) is 0 Å². The molecule has 0 bridgehead atoms. The number of rotatable bonds is 4. The number of anilines is 1. The van der Waals surface area contributed by atoms with Crippen LogP contribution in [0.2, 0.25) is 5.02 Å². The maximum Gasteiger partial charge on any atom is 0.325 e. The van der Waals surface area contributed by atoms with E-state index in [2.05, 4.69) is 5.32 Å². The Kier molecular flexibility index (Phi) is 5.58. The number of nitrogens with one attached hydrogen (secondary N) is 1. The van der Waals surface area contributed by atoms with Crippen LogP contribution < -0.4 is 10.2 Å². The summed E-state index contributed by atoms with van der Waals surface area (Å²) in [6.07, 6.45) is 3.19. The van der Waals surface area contributed by atoms with Gasteiger partial charge in [0, 0.05) is 27.7 Å². The van der Waals surface area contributed by atoms with E-state index in [9.17, 15) is 14.4 Å². The van der Waals surface area contributed by atoms with Crippen molar-refractivity contribution < 1.29 is 19.1 Å². The Bertz CT molecular complexity index is 1280. The van der Waals surface area contributed by atoms with Crippen molar-refractivity contribution in [2.75, 3.05) is 12.0 Å². The zero-order valence-corrected chi connectivity index (χ0v) is 17.9. The van der Waals surface area contributed by atoms with Crippen LogP contribution in [0.4, 0.5) is 5.69 Å².